The molecule has 3 N–H and O–H groups in total. The zero-order valence-corrected chi connectivity index (χ0v) is 6.97. The summed E-state index contributed by atoms with van der Waals surface area (Å²) in [6.07, 6.45) is 1.43. The van der Waals surface area contributed by atoms with E-state index in [-0.39, 0.29) is 0 Å². The molecule has 0 aliphatic carbocycles. The summed E-state index contributed by atoms with van der Waals surface area (Å²) < 4.78 is 0. The zero-order chi connectivity index (χ0) is 9.10. The third kappa shape index (κ3) is 1.54. The monoisotopic (exact) mass is 178 g/mol. The van der Waals surface area contributed by atoms with Crippen molar-refractivity contribution in [2.45, 2.75) is 0 Å². The SMILES string of the molecule is NNc1ccc(N2CN=CO2)cc1. The van der Waals surface area contributed by atoms with Gasteiger partial charge in [0.2, 0.25) is 6.40 Å². The lowest BCUT2D eigenvalue weighted by Gasteiger charge is -2.14. The molecule has 2 rings (SSSR count). The van der Waals surface area contributed by atoms with Crippen LogP contribution in [0, 0.1) is 0 Å². The minimum absolute atomic E-state index is 0.537. The topological polar surface area (TPSA) is 62.9 Å². The highest BCUT2D eigenvalue weighted by Gasteiger charge is 2.08. The molecule has 0 fully saturated rings. The van der Waals surface area contributed by atoms with Gasteiger partial charge in [0, 0.05) is 5.69 Å². The number of aliphatic imine (C=N–C) groups is 1. The smallest absolute Gasteiger partial charge is 0.206 e. The minimum atomic E-state index is 0.537. The molecular formula is C8H10N4O. The molecule has 68 valence electrons. The van der Waals surface area contributed by atoms with Crippen molar-refractivity contribution in [3.05, 3.63) is 24.3 Å². The first-order valence-corrected chi connectivity index (χ1v) is 3.89. The van der Waals surface area contributed by atoms with E-state index in [0.29, 0.717) is 6.67 Å². The Morgan fingerprint density at radius 3 is 2.69 bits per heavy atom. The van der Waals surface area contributed by atoms with Gasteiger partial charge < -0.3 is 10.3 Å². The van der Waals surface area contributed by atoms with Gasteiger partial charge in [-0.25, -0.2) is 4.99 Å². The third-order valence-electron chi connectivity index (χ3n) is 1.78. The number of rotatable bonds is 2. The molecular weight excluding hydrogens is 168 g/mol. The van der Waals surface area contributed by atoms with Gasteiger partial charge in [-0.3, -0.25) is 5.84 Å². The molecule has 0 spiro atoms. The van der Waals surface area contributed by atoms with Crippen molar-refractivity contribution in [3.8, 4) is 0 Å². The molecule has 5 nitrogen and oxygen atoms in total. The van der Waals surface area contributed by atoms with Crippen LogP contribution in [-0.2, 0) is 4.84 Å². The molecule has 0 atom stereocenters. The van der Waals surface area contributed by atoms with E-state index in [0.717, 1.165) is 11.4 Å². The molecule has 0 saturated heterocycles. The second-order valence-electron chi connectivity index (χ2n) is 2.60. The molecule has 0 aromatic heterocycles. The molecule has 1 aromatic rings. The summed E-state index contributed by atoms with van der Waals surface area (Å²) in [5.74, 6) is 5.23. The van der Waals surface area contributed by atoms with Crippen molar-refractivity contribution < 1.29 is 4.84 Å². The van der Waals surface area contributed by atoms with Crippen molar-refractivity contribution in [1.29, 1.82) is 0 Å². The first kappa shape index (κ1) is 7.88. The van der Waals surface area contributed by atoms with Gasteiger partial charge in [-0.1, -0.05) is 0 Å². The molecule has 5 heteroatoms. The van der Waals surface area contributed by atoms with Crippen LogP contribution in [0.3, 0.4) is 0 Å². The van der Waals surface area contributed by atoms with Crippen LogP contribution in [0.5, 0.6) is 0 Å². The highest BCUT2D eigenvalue weighted by Crippen LogP contribution is 2.18. The van der Waals surface area contributed by atoms with Crippen LogP contribution in [0.1, 0.15) is 0 Å². The molecule has 0 amide bonds. The molecule has 0 bridgehead atoms. The molecule has 0 radical (unpaired) electrons. The Labute approximate surface area is 75.7 Å². The quantitative estimate of drug-likeness (QED) is 0.517. The van der Waals surface area contributed by atoms with Crippen LogP contribution in [-0.4, -0.2) is 13.1 Å². The third-order valence-corrected chi connectivity index (χ3v) is 1.78. The predicted molar refractivity (Wildman–Crippen MR) is 51.2 cm³/mol. The summed E-state index contributed by atoms with van der Waals surface area (Å²) in [6.45, 7) is 0.537. The summed E-state index contributed by atoms with van der Waals surface area (Å²) in [5, 5.41) is 1.68. The predicted octanol–water partition coefficient (Wildman–Crippen LogP) is 0.710. The summed E-state index contributed by atoms with van der Waals surface area (Å²) >= 11 is 0. The van der Waals surface area contributed by atoms with E-state index < -0.39 is 0 Å². The van der Waals surface area contributed by atoms with Gasteiger partial charge in [0.1, 0.15) is 6.67 Å². The Balaban J connectivity index is 2.13. The van der Waals surface area contributed by atoms with Gasteiger partial charge in [0.05, 0.1) is 5.69 Å². The van der Waals surface area contributed by atoms with E-state index in [9.17, 15) is 0 Å². The van der Waals surface area contributed by atoms with Crippen LogP contribution >= 0.6 is 0 Å². The lowest BCUT2D eigenvalue weighted by atomic mass is 10.3. The first-order valence-electron chi connectivity index (χ1n) is 3.89. The zero-order valence-electron chi connectivity index (χ0n) is 6.97. The lowest BCUT2D eigenvalue weighted by molar-refractivity contribution is 0.311. The van der Waals surface area contributed by atoms with E-state index in [1.165, 1.54) is 6.40 Å². The van der Waals surface area contributed by atoms with Crippen molar-refractivity contribution in [1.82, 2.24) is 0 Å². The molecule has 1 aromatic carbocycles. The first-order chi connectivity index (χ1) is 6.40. The summed E-state index contributed by atoms with van der Waals surface area (Å²) in [6, 6.07) is 7.56. The van der Waals surface area contributed by atoms with E-state index >= 15 is 0 Å². The van der Waals surface area contributed by atoms with Crippen molar-refractivity contribution >= 4 is 17.8 Å². The number of anilines is 2. The van der Waals surface area contributed by atoms with Gasteiger partial charge in [-0.2, -0.15) is 5.06 Å². The Hall–Kier alpha value is -1.75. The van der Waals surface area contributed by atoms with Crippen LogP contribution < -0.4 is 16.3 Å². The number of benzene rings is 1. The maximum Gasteiger partial charge on any atom is 0.206 e. The van der Waals surface area contributed by atoms with E-state index in [1.807, 2.05) is 24.3 Å². The maximum atomic E-state index is 5.23. The van der Waals surface area contributed by atoms with E-state index in [2.05, 4.69) is 10.4 Å². The minimum Gasteiger partial charge on any atom is -0.366 e. The normalized spacial score (nSPS) is 14.4. The van der Waals surface area contributed by atoms with Crippen molar-refractivity contribution in [2.24, 2.45) is 10.8 Å². The van der Waals surface area contributed by atoms with Crippen LogP contribution in [0.15, 0.2) is 29.3 Å². The van der Waals surface area contributed by atoms with Crippen molar-refractivity contribution in [3.63, 3.8) is 0 Å². The van der Waals surface area contributed by atoms with Crippen LogP contribution in [0.2, 0.25) is 0 Å². The number of hydrogen-bond donors (Lipinski definition) is 2. The van der Waals surface area contributed by atoms with Gasteiger partial charge in [-0.05, 0) is 24.3 Å². The number of hydrogen-bond acceptors (Lipinski definition) is 5. The highest BCUT2D eigenvalue weighted by atomic mass is 16.7. The fraction of sp³-hybridized carbons (Fsp3) is 0.125. The maximum absolute atomic E-state index is 5.23. The number of hydroxylamine groups is 1. The molecule has 1 aliphatic heterocycles. The van der Waals surface area contributed by atoms with Crippen LogP contribution in [0.25, 0.3) is 0 Å². The Morgan fingerprint density at radius 2 is 2.15 bits per heavy atom. The van der Waals surface area contributed by atoms with Gasteiger partial charge >= 0.3 is 0 Å². The fourth-order valence-corrected chi connectivity index (χ4v) is 1.10. The summed E-state index contributed by atoms with van der Waals surface area (Å²) in [7, 11) is 0. The lowest BCUT2D eigenvalue weighted by Crippen LogP contribution is -2.17. The average molecular weight is 178 g/mol. The second-order valence-corrected chi connectivity index (χ2v) is 2.60. The molecule has 0 saturated carbocycles. The Kier molecular flexibility index (Phi) is 2.01. The number of nitrogen functional groups attached to an aromatic ring is 1. The highest BCUT2D eigenvalue weighted by molar-refractivity contribution is 5.58. The van der Waals surface area contributed by atoms with Gasteiger partial charge in [-0.15, -0.1) is 0 Å². The molecule has 1 aliphatic rings. The van der Waals surface area contributed by atoms with Crippen LogP contribution in [0.4, 0.5) is 11.4 Å². The number of nitrogens with two attached hydrogens (primary N) is 1. The van der Waals surface area contributed by atoms with Gasteiger partial charge in [0.25, 0.3) is 0 Å². The number of nitrogens with one attached hydrogen (secondary N) is 1. The number of nitrogens with zero attached hydrogens (tertiary/aromatic N) is 2. The van der Waals surface area contributed by atoms with Gasteiger partial charge in [0.15, 0.2) is 0 Å². The summed E-state index contributed by atoms with van der Waals surface area (Å²) in [4.78, 5) is 9.02. The number of hydrazine groups is 1. The average Bonchev–Trinajstić information content (AvgIpc) is 2.71. The van der Waals surface area contributed by atoms with E-state index in [1.54, 1.807) is 5.06 Å². The Bertz CT molecular complexity index is 300. The largest absolute Gasteiger partial charge is 0.366 e. The molecule has 0 unspecified atom stereocenters. The van der Waals surface area contributed by atoms with Crippen molar-refractivity contribution in [2.75, 3.05) is 17.2 Å². The Morgan fingerprint density at radius 1 is 1.38 bits per heavy atom. The molecule has 13 heavy (non-hydrogen) atoms. The molecule has 1 heterocycles. The fourth-order valence-electron chi connectivity index (χ4n) is 1.10. The summed E-state index contributed by atoms with van der Waals surface area (Å²) in [5.41, 5.74) is 4.37. The standard InChI is InChI=1S/C8H10N4O/c9-11-7-1-3-8(4-2-7)12-5-10-6-13-12/h1-4,6,11H,5,9H2. The second kappa shape index (κ2) is 3.32. The van der Waals surface area contributed by atoms with E-state index in [4.69, 9.17) is 10.7 Å².